The highest BCUT2D eigenvalue weighted by molar-refractivity contribution is 7.85. The Bertz CT molecular complexity index is 1150. The number of ether oxygens (including phenoxy) is 2. The Morgan fingerprint density at radius 3 is 1.71 bits per heavy atom. The Kier molecular flexibility index (Phi) is 18.5. The van der Waals surface area contributed by atoms with Crippen molar-refractivity contribution in [1.82, 2.24) is 0 Å². The molecule has 11 nitrogen and oxygen atoms in total. The minimum absolute atomic E-state index is 0.0152. The van der Waals surface area contributed by atoms with Crippen LogP contribution < -0.4 is 0 Å². The summed E-state index contributed by atoms with van der Waals surface area (Å²) in [6, 6.07) is 9.23. The number of rotatable bonds is 19. The second kappa shape index (κ2) is 20.3. The molecule has 0 heterocycles. The van der Waals surface area contributed by atoms with E-state index in [-0.39, 0.29) is 56.9 Å². The van der Waals surface area contributed by atoms with Crippen molar-refractivity contribution >= 4 is 39.6 Å². The van der Waals surface area contributed by atoms with Gasteiger partial charge in [-0.15, -0.1) is 0 Å². The van der Waals surface area contributed by atoms with Crippen molar-refractivity contribution in [2.45, 2.75) is 65.2 Å². The summed E-state index contributed by atoms with van der Waals surface area (Å²) in [6.07, 6.45) is 1.69. The van der Waals surface area contributed by atoms with Crippen molar-refractivity contribution in [3.8, 4) is 0 Å². The smallest absolute Gasteiger partial charge is 0.333 e. The molecule has 2 N–H and O–H groups in total. The molecule has 0 aliphatic rings. The van der Waals surface area contributed by atoms with E-state index < -0.39 is 39.7 Å². The average Bonchev–Trinajstić information content (AvgIpc) is 2.88. The summed E-state index contributed by atoms with van der Waals surface area (Å²) >= 11 is 0. The molecule has 0 bridgehead atoms. The highest BCUT2D eigenvalue weighted by atomic mass is 32.2. The van der Waals surface area contributed by atoms with Gasteiger partial charge in [-0.1, -0.05) is 43.5 Å². The molecule has 0 spiro atoms. The van der Waals surface area contributed by atoms with Gasteiger partial charge in [-0.25, -0.2) is 9.59 Å². The van der Waals surface area contributed by atoms with Gasteiger partial charge in [0, 0.05) is 36.8 Å². The third-order valence-corrected chi connectivity index (χ3v) is 6.17. The number of ketones is 2. The van der Waals surface area contributed by atoms with E-state index in [0.29, 0.717) is 30.4 Å². The normalized spacial score (nSPS) is 11.3. The summed E-state index contributed by atoms with van der Waals surface area (Å²) in [4.78, 5) is 56.6. The van der Waals surface area contributed by atoms with E-state index in [0.717, 1.165) is 5.56 Å². The number of hydrogen-bond acceptors (Lipinski definition) is 9. The topological polar surface area (TPSA) is 178 Å². The largest absolute Gasteiger partial charge is 0.481 e. The number of carbonyl (C=O) groups is 5. The van der Waals surface area contributed by atoms with Crippen molar-refractivity contribution < 1.29 is 51.5 Å². The molecule has 1 aromatic carbocycles. The quantitative estimate of drug-likeness (QED) is 0.102. The summed E-state index contributed by atoms with van der Waals surface area (Å²) in [6.45, 7) is 10.2. The lowest BCUT2D eigenvalue weighted by Crippen LogP contribution is -2.20. The molecule has 12 heteroatoms. The number of carbonyl (C=O) groups excluding carboxylic acids is 4. The van der Waals surface area contributed by atoms with E-state index in [4.69, 9.17) is 14.0 Å². The van der Waals surface area contributed by atoms with Crippen LogP contribution in [-0.4, -0.2) is 66.5 Å². The molecule has 0 saturated carbocycles. The van der Waals surface area contributed by atoms with Crippen LogP contribution >= 0.6 is 0 Å². The molecule has 0 fully saturated rings. The minimum Gasteiger partial charge on any atom is -0.481 e. The maximum atomic E-state index is 11.9. The number of benzene rings is 1. The van der Waals surface area contributed by atoms with Gasteiger partial charge in [0.25, 0.3) is 10.1 Å². The van der Waals surface area contributed by atoms with Gasteiger partial charge in [0.1, 0.15) is 11.6 Å². The molecule has 0 aromatic heterocycles. The summed E-state index contributed by atoms with van der Waals surface area (Å²) in [5.41, 5.74) is 1.50. The van der Waals surface area contributed by atoms with Crippen molar-refractivity contribution in [3.05, 3.63) is 60.2 Å². The van der Waals surface area contributed by atoms with E-state index >= 15 is 0 Å². The van der Waals surface area contributed by atoms with Crippen LogP contribution in [-0.2, 0) is 50.0 Å². The molecule has 1 aromatic rings. The zero-order valence-electron chi connectivity index (χ0n) is 23.6. The maximum absolute atomic E-state index is 11.9. The van der Waals surface area contributed by atoms with Gasteiger partial charge in [0.05, 0.1) is 24.9 Å². The maximum Gasteiger partial charge on any atom is 0.333 e. The zero-order valence-corrected chi connectivity index (χ0v) is 24.4. The molecule has 228 valence electrons. The molecule has 0 aliphatic carbocycles. The Morgan fingerprint density at radius 1 is 0.805 bits per heavy atom. The number of carboxylic acid groups (broad SMARTS) is 1. The van der Waals surface area contributed by atoms with Crippen molar-refractivity contribution in [2.24, 2.45) is 5.92 Å². The van der Waals surface area contributed by atoms with Crippen LogP contribution in [0, 0.1) is 5.92 Å². The lowest BCUT2D eigenvalue weighted by Gasteiger charge is -2.11. The van der Waals surface area contributed by atoms with Crippen molar-refractivity contribution in [2.75, 3.05) is 19.0 Å². The SMILES string of the molecule is C=C(C)C(=O)OCCCC(=O)CC(Cc1ccccc1)C(=O)O.C=C(C)C(=O)OCCCC(=O)CCCS(=O)(=O)O. The fourth-order valence-corrected chi connectivity index (χ4v) is 3.72. The van der Waals surface area contributed by atoms with E-state index in [9.17, 15) is 37.5 Å². The fraction of sp³-hybridized carbons (Fsp3) is 0.483. The molecule has 1 atom stereocenters. The first-order valence-corrected chi connectivity index (χ1v) is 14.6. The van der Waals surface area contributed by atoms with Crippen molar-refractivity contribution in [1.29, 1.82) is 0 Å². The average molecular weight is 597 g/mol. The number of aliphatic carboxylic acids is 1. The highest BCUT2D eigenvalue weighted by Gasteiger charge is 2.21. The Labute approximate surface area is 241 Å². The van der Waals surface area contributed by atoms with Gasteiger partial charge < -0.3 is 14.6 Å². The van der Waals surface area contributed by atoms with E-state index in [2.05, 4.69) is 13.2 Å². The van der Waals surface area contributed by atoms with E-state index in [1.165, 1.54) is 6.92 Å². The van der Waals surface area contributed by atoms with Crippen LogP contribution in [0.2, 0.25) is 0 Å². The van der Waals surface area contributed by atoms with Gasteiger partial charge in [-0.3, -0.25) is 18.9 Å². The van der Waals surface area contributed by atoms with Gasteiger partial charge in [-0.2, -0.15) is 8.42 Å². The molecule has 0 radical (unpaired) electrons. The van der Waals surface area contributed by atoms with Crippen molar-refractivity contribution in [3.63, 3.8) is 0 Å². The molecule has 0 saturated heterocycles. The van der Waals surface area contributed by atoms with Gasteiger partial charge in [0.2, 0.25) is 0 Å². The van der Waals surface area contributed by atoms with Crippen LogP contribution in [0.4, 0.5) is 0 Å². The van der Waals surface area contributed by atoms with Gasteiger partial charge in [0.15, 0.2) is 0 Å². The van der Waals surface area contributed by atoms with E-state index in [1.807, 2.05) is 30.3 Å². The third kappa shape index (κ3) is 20.9. The molecular formula is C29H40O11S. The second-order valence-corrected chi connectivity index (χ2v) is 11.0. The monoisotopic (exact) mass is 596 g/mol. The molecule has 1 rings (SSSR count). The number of Topliss-reactive ketones (excluding diaryl/α,β-unsaturated/α-hetero) is 2. The summed E-state index contributed by atoms with van der Waals surface area (Å²) in [5.74, 6) is -3.36. The summed E-state index contributed by atoms with van der Waals surface area (Å²) in [7, 11) is -4.00. The van der Waals surface area contributed by atoms with E-state index in [1.54, 1.807) is 6.92 Å². The molecule has 0 aliphatic heterocycles. The lowest BCUT2D eigenvalue weighted by molar-refractivity contribution is -0.143. The van der Waals surface area contributed by atoms with Gasteiger partial charge >= 0.3 is 17.9 Å². The second-order valence-electron chi connectivity index (χ2n) is 9.44. The predicted molar refractivity (Wildman–Crippen MR) is 152 cm³/mol. The Morgan fingerprint density at radius 2 is 1.27 bits per heavy atom. The highest BCUT2D eigenvalue weighted by Crippen LogP contribution is 2.15. The molecular weight excluding hydrogens is 556 g/mol. The number of hydrogen-bond donors (Lipinski definition) is 2. The lowest BCUT2D eigenvalue weighted by atomic mass is 9.93. The molecule has 0 amide bonds. The van der Waals surface area contributed by atoms with Crippen LogP contribution in [0.1, 0.15) is 64.4 Å². The standard InChI is InChI=1S/C18H22O5.C11H18O6S/c1-13(2)18(22)23-10-6-9-16(19)12-15(17(20)21)11-14-7-4-3-5-8-14;1-9(2)11(13)17-7-3-5-10(12)6-4-8-18(14,15)16/h3-5,7-8,15H,1,6,9-12H2,2H3,(H,20,21);1,3-8H2,2H3,(H,14,15,16). The summed E-state index contributed by atoms with van der Waals surface area (Å²) < 4.78 is 38.9. The Balaban J connectivity index is 0.000000807. The third-order valence-electron chi connectivity index (χ3n) is 5.37. The number of esters is 2. The van der Waals surface area contributed by atoms with Crippen LogP contribution in [0.5, 0.6) is 0 Å². The first-order chi connectivity index (χ1) is 19.1. The Hall–Kier alpha value is -3.64. The summed E-state index contributed by atoms with van der Waals surface area (Å²) in [5, 5.41) is 9.26. The van der Waals surface area contributed by atoms with Crippen LogP contribution in [0.15, 0.2) is 54.6 Å². The van der Waals surface area contributed by atoms with Gasteiger partial charge in [-0.05, 0) is 45.1 Å². The molecule has 1 unspecified atom stereocenters. The number of carboxylic acids is 1. The first-order valence-electron chi connectivity index (χ1n) is 13.0. The molecule has 41 heavy (non-hydrogen) atoms. The predicted octanol–water partition coefficient (Wildman–Crippen LogP) is 3.91. The van der Waals surface area contributed by atoms with Crippen LogP contribution in [0.3, 0.4) is 0 Å². The fourth-order valence-electron chi connectivity index (χ4n) is 3.21. The van der Waals surface area contributed by atoms with Crippen LogP contribution in [0.25, 0.3) is 0 Å². The minimum atomic E-state index is -4.00. The zero-order chi connectivity index (χ0) is 31.4. The first kappa shape index (κ1) is 37.4.